The van der Waals surface area contributed by atoms with Gasteiger partial charge < -0.3 is 9.88 Å². The van der Waals surface area contributed by atoms with E-state index >= 15 is 0 Å². The largest absolute Gasteiger partial charge is 0.417 e. The second kappa shape index (κ2) is 6.02. The molecule has 0 radical (unpaired) electrons. The van der Waals surface area contributed by atoms with Gasteiger partial charge in [-0.15, -0.1) is 10.2 Å². The number of amides is 1. The number of hydrogen-bond donors (Lipinski definition) is 1. The molecule has 0 saturated heterocycles. The molecule has 2 aromatic rings. The molecule has 1 aliphatic rings. The summed E-state index contributed by atoms with van der Waals surface area (Å²) in [5.41, 5.74) is -1.30. The van der Waals surface area contributed by atoms with Crippen LogP contribution < -0.4 is 5.32 Å². The maximum absolute atomic E-state index is 12.9. The zero-order valence-electron chi connectivity index (χ0n) is 12.2. The highest BCUT2D eigenvalue weighted by atomic mass is 19.4. The first kappa shape index (κ1) is 15.5. The molecule has 122 valence electrons. The predicted molar refractivity (Wildman–Crippen MR) is 75.8 cm³/mol. The minimum atomic E-state index is -4.55. The Morgan fingerprint density at radius 2 is 2.04 bits per heavy atom. The van der Waals surface area contributed by atoms with Crippen molar-refractivity contribution in [3.63, 3.8) is 0 Å². The van der Waals surface area contributed by atoms with Gasteiger partial charge in [-0.2, -0.15) is 13.2 Å². The Kier molecular flexibility index (Phi) is 4.06. The van der Waals surface area contributed by atoms with Crippen LogP contribution in [0.3, 0.4) is 0 Å². The van der Waals surface area contributed by atoms with Crippen LogP contribution in [-0.4, -0.2) is 27.2 Å². The average Bonchev–Trinajstić information content (AvgIpc) is 3.11. The van der Waals surface area contributed by atoms with Crippen LogP contribution in [0.4, 0.5) is 13.2 Å². The van der Waals surface area contributed by atoms with Crippen molar-refractivity contribution >= 4 is 5.91 Å². The third kappa shape index (κ3) is 3.20. The quantitative estimate of drug-likeness (QED) is 0.938. The molecule has 0 spiro atoms. The van der Waals surface area contributed by atoms with Crippen LogP contribution in [0.1, 0.15) is 34.0 Å². The number of aromatic nitrogens is 3. The maximum Gasteiger partial charge on any atom is 0.417 e. The number of hydrogen-bond acceptors (Lipinski definition) is 3. The molecule has 23 heavy (non-hydrogen) atoms. The first-order valence-electron chi connectivity index (χ1n) is 7.32. The molecule has 3 rings (SSSR count). The second-order valence-electron chi connectivity index (χ2n) is 5.34. The highest BCUT2D eigenvalue weighted by Crippen LogP contribution is 2.31. The van der Waals surface area contributed by atoms with Crippen LogP contribution in [0.2, 0.25) is 0 Å². The van der Waals surface area contributed by atoms with Gasteiger partial charge in [0.25, 0.3) is 5.91 Å². The third-order valence-electron chi connectivity index (χ3n) is 3.80. The lowest BCUT2D eigenvalue weighted by Gasteiger charge is -2.12. The number of alkyl halides is 3. The SMILES string of the molecule is O=C(NCCc1nnc2n1CCC2)c1ccccc1C(F)(F)F. The highest BCUT2D eigenvalue weighted by molar-refractivity contribution is 5.95. The smallest absolute Gasteiger partial charge is 0.352 e. The number of halogens is 3. The van der Waals surface area contributed by atoms with E-state index in [-0.39, 0.29) is 12.1 Å². The number of carbonyl (C=O) groups is 1. The monoisotopic (exact) mass is 324 g/mol. The number of carbonyl (C=O) groups excluding carboxylic acids is 1. The third-order valence-corrected chi connectivity index (χ3v) is 3.80. The summed E-state index contributed by atoms with van der Waals surface area (Å²) in [5.74, 6) is 0.940. The van der Waals surface area contributed by atoms with Gasteiger partial charge in [-0.25, -0.2) is 0 Å². The minimum absolute atomic E-state index is 0.211. The normalized spacial score (nSPS) is 13.9. The summed E-state index contributed by atoms with van der Waals surface area (Å²) in [6.07, 6.45) is -2.21. The fourth-order valence-corrected chi connectivity index (χ4v) is 2.71. The summed E-state index contributed by atoms with van der Waals surface area (Å²) in [4.78, 5) is 12.0. The van der Waals surface area contributed by atoms with E-state index in [1.54, 1.807) is 0 Å². The van der Waals surface area contributed by atoms with Gasteiger partial charge in [-0.1, -0.05) is 12.1 Å². The molecule has 1 amide bonds. The zero-order valence-corrected chi connectivity index (χ0v) is 12.2. The molecule has 0 atom stereocenters. The van der Waals surface area contributed by atoms with Gasteiger partial charge >= 0.3 is 6.18 Å². The van der Waals surface area contributed by atoms with Crippen LogP contribution >= 0.6 is 0 Å². The summed E-state index contributed by atoms with van der Waals surface area (Å²) < 4.78 is 40.7. The average molecular weight is 324 g/mol. The predicted octanol–water partition coefficient (Wildman–Crippen LogP) is 2.22. The summed E-state index contributed by atoms with van der Waals surface area (Å²) >= 11 is 0. The van der Waals surface area contributed by atoms with E-state index in [0.29, 0.717) is 6.42 Å². The number of benzene rings is 1. The van der Waals surface area contributed by atoms with E-state index in [1.807, 2.05) is 4.57 Å². The van der Waals surface area contributed by atoms with E-state index in [9.17, 15) is 18.0 Å². The van der Waals surface area contributed by atoms with Gasteiger partial charge in [0.05, 0.1) is 11.1 Å². The fourth-order valence-electron chi connectivity index (χ4n) is 2.71. The summed E-state index contributed by atoms with van der Waals surface area (Å²) in [5, 5.41) is 10.6. The lowest BCUT2D eigenvalue weighted by Crippen LogP contribution is -2.28. The van der Waals surface area contributed by atoms with Gasteiger partial charge in [-0.3, -0.25) is 4.79 Å². The first-order valence-corrected chi connectivity index (χ1v) is 7.32. The molecule has 0 unspecified atom stereocenters. The van der Waals surface area contributed by atoms with Gasteiger partial charge in [0.1, 0.15) is 11.6 Å². The van der Waals surface area contributed by atoms with Crippen molar-refractivity contribution in [3.8, 4) is 0 Å². The maximum atomic E-state index is 12.9. The molecule has 1 aliphatic heterocycles. The molecule has 8 heteroatoms. The van der Waals surface area contributed by atoms with Crippen molar-refractivity contribution in [2.45, 2.75) is 32.0 Å². The number of nitrogens with one attached hydrogen (secondary N) is 1. The Balaban J connectivity index is 1.64. The molecular weight excluding hydrogens is 309 g/mol. The van der Waals surface area contributed by atoms with E-state index in [1.165, 1.54) is 18.2 Å². The standard InChI is InChI=1S/C15H15F3N4O/c16-15(17,18)11-5-2-1-4-10(11)14(23)19-8-7-13-21-20-12-6-3-9-22(12)13/h1-2,4-5H,3,6-9H2,(H,19,23). The lowest BCUT2D eigenvalue weighted by molar-refractivity contribution is -0.137. The number of rotatable bonds is 4. The molecule has 5 nitrogen and oxygen atoms in total. The van der Waals surface area contributed by atoms with E-state index in [2.05, 4.69) is 15.5 Å². The highest BCUT2D eigenvalue weighted by Gasteiger charge is 2.34. The molecule has 0 saturated carbocycles. The van der Waals surface area contributed by atoms with Crippen LogP contribution in [0, 0.1) is 0 Å². The van der Waals surface area contributed by atoms with Crippen molar-refractivity contribution < 1.29 is 18.0 Å². The molecule has 0 bridgehead atoms. The number of aryl methyl sites for hydroxylation is 1. The molecule has 0 fully saturated rings. The van der Waals surface area contributed by atoms with Crippen LogP contribution in [0.5, 0.6) is 0 Å². The first-order chi connectivity index (χ1) is 11.0. The lowest BCUT2D eigenvalue weighted by atomic mass is 10.1. The van der Waals surface area contributed by atoms with E-state index in [0.717, 1.165) is 37.1 Å². The number of nitrogens with zero attached hydrogens (tertiary/aromatic N) is 3. The van der Waals surface area contributed by atoms with Crippen molar-refractivity contribution in [3.05, 3.63) is 47.0 Å². The Bertz CT molecular complexity index is 724. The van der Waals surface area contributed by atoms with Gasteiger partial charge in [0.2, 0.25) is 0 Å². The van der Waals surface area contributed by atoms with Crippen molar-refractivity contribution in [2.75, 3.05) is 6.54 Å². The van der Waals surface area contributed by atoms with E-state index in [4.69, 9.17) is 0 Å². The van der Waals surface area contributed by atoms with Gasteiger partial charge in [-0.05, 0) is 18.6 Å². The van der Waals surface area contributed by atoms with Crippen LogP contribution in [-0.2, 0) is 25.6 Å². The van der Waals surface area contributed by atoms with Crippen LogP contribution in [0.25, 0.3) is 0 Å². The summed E-state index contributed by atoms with van der Waals surface area (Å²) in [6.45, 7) is 1.06. The number of fused-ring (bicyclic) bond motifs is 1. The fraction of sp³-hybridized carbons (Fsp3) is 0.400. The van der Waals surface area contributed by atoms with Crippen molar-refractivity contribution in [1.29, 1.82) is 0 Å². The molecule has 1 aromatic carbocycles. The Morgan fingerprint density at radius 3 is 2.83 bits per heavy atom. The molecule has 0 aliphatic carbocycles. The Hall–Kier alpha value is -2.38. The summed E-state index contributed by atoms with van der Waals surface area (Å²) in [7, 11) is 0. The Labute approximate surface area is 130 Å². The Morgan fingerprint density at radius 1 is 1.26 bits per heavy atom. The van der Waals surface area contributed by atoms with Crippen molar-refractivity contribution in [1.82, 2.24) is 20.1 Å². The molecule has 1 aromatic heterocycles. The second-order valence-corrected chi connectivity index (χ2v) is 5.34. The van der Waals surface area contributed by atoms with Crippen molar-refractivity contribution in [2.24, 2.45) is 0 Å². The van der Waals surface area contributed by atoms with Gasteiger partial charge in [0.15, 0.2) is 0 Å². The molecular formula is C15H15F3N4O. The molecule has 2 heterocycles. The van der Waals surface area contributed by atoms with Crippen LogP contribution in [0.15, 0.2) is 24.3 Å². The zero-order chi connectivity index (χ0) is 16.4. The topological polar surface area (TPSA) is 59.8 Å². The minimum Gasteiger partial charge on any atom is -0.352 e. The van der Waals surface area contributed by atoms with E-state index < -0.39 is 17.6 Å². The summed E-state index contributed by atoms with van der Waals surface area (Å²) in [6, 6.07) is 4.75. The molecule has 1 N–H and O–H groups in total. The van der Waals surface area contributed by atoms with Gasteiger partial charge in [0, 0.05) is 25.9 Å².